The van der Waals surface area contributed by atoms with Crippen molar-refractivity contribution in [2.24, 2.45) is 0 Å². The summed E-state index contributed by atoms with van der Waals surface area (Å²) in [5.74, 6) is 0. The lowest BCUT2D eigenvalue weighted by atomic mass is 10.2. The van der Waals surface area contributed by atoms with Gasteiger partial charge in [0.05, 0.1) is 18.7 Å². The van der Waals surface area contributed by atoms with Gasteiger partial charge < -0.3 is 5.32 Å². The van der Waals surface area contributed by atoms with E-state index in [0.29, 0.717) is 6.42 Å². The van der Waals surface area contributed by atoms with Crippen LogP contribution in [-0.2, 0) is 6.54 Å². The SMILES string of the molecule is CC(CC#N)NCCCn1ccnn1. The summed E-state index contributed by atoms with van der Waals surface area (Å²) >= 11 is 0. The summed E-state index contributed by atoms with van der Waals surface area (Å²) < 4.78 is 1.80. The van der Waals surface area contributed by atoms with E-state index in [-0.39, 0.29) is 6.04 Å². The third-order valence-electron chi connectivity index (χ3n) is 1.93. The van der Waals surface area contributed by atoms with Crippen molar-refractivity contribution < 1.29 is 0 Å². The summed E-state index contributed by atoms with van der Waals surface area (Å²) in [6.45, 7) is 3.79. The third-order valence-corrected chi connectivity index (χ3v) is 1.93. The molecule has 0 saturated carbocycles. The predicted molar refractivity (Wildman–Crippen MR) is 52.3 cm³/mol. The fourth-order valence-corrected chi connectivity index (χ4v) is 1.15. The number of aryl methyl sites for hydroxylation is 1. The van der Waals surface area contributed by atoms with Crippen LogP contribution in [0.5, 0.6) is 0 Å². The maximum atomic E-state index is 8.43. The minimum Gasteiger partial charge on any atom is -0.313 e. The number of hydrogen-bond acceptors (Lipinski definition) is 4. The average molecular weight is 193 g/mol. The van der Waals surface area contributed by atoms with Crippen molar-refractivity contribution in [2.45, 2.75) is 32.4 Å². The standard InChI is InChI=1S/C9H15N5/c1-9(3-4-10)11-5-2-7-14-8-6-12-13-14/h6,8-9,11H,2-3,5,7H2,1H3. The molecule has 14 heavy (non-hydrogen) atoms. The lowest BCUT2D eigenvalue weighted by Crippen LogP contribution is -2.27. The molecule has 0 fully saturated rings. The van der Waals surface area contributed by atoms with Gasteiger partial charge in [0, 0.05) is 18.8 Å². The summed E-state index contributed by atoms with van der Waals surface area (Å²) in [4.78, 5) is 0. The van der Waals surface area contributed by atoms with Crippen LogP contribution in [0.3, 0.4) is 0 Å². The number of rotatable bonds is 6. The van der Waals surface area contributed by atoms with Crippen LogP contribution in [0.25, 0.3) is 0 Å². The molecule has 76 valence electrons. The average Bonchev–Trinajstić information content (AvgIpc) is 2.65. The Kier molecular flexibility index (Phi) is 4.65. The normalized spacial score (nSPS) is 12.3. The van der Waals surface area contributed by atoms with Crippen LogP contribution in [0.2, 0.25) is 0 Å². The Hall–Kier alpha value is -1.41. The van der Waals surface area contributed by atoms with Crippen LogP contribution in [0, 0.1) is 11.3 Å². The first-order valence-corrected chi connectivity index (χ1v) is 4.77. The highest BCUT2D eigenvalue weighted by Gasteiger charge is 1.98. The van der Waals surface area contributed by atoms with Crippen LogP contribution in [0.4, 0.5) is 0 Å². The van der Waals surface area contributed by atoms with Gasteiger partial charge in [-0.2, -0.15) is 5.26 Å². The molecule has 0 aliphatic carbocycles. The van der Waals surface area contributed by atoms with Crippen molar-refractivity contribution in [3.8, 4) is 6.07 Å². The van der Waals surface area contributed by atoms with Gasteiger partial charge in [0.2, 0.25) is 0 Å². The van der Waals surface area contributed by atoms with Crippen LogP contribution in [-0.4, -0.2) is 27.6 Å². The van der Waals surface area contributed by atoms with Gasteiger partial charge in [-0.1, -0.05) is 5.21 Å². The number of nitrogens with zero attached hydrogens (tertiary/aromatic N) is 4. The maximum absolute atomic E-state index is 8.43. The van der Waals surface area contributed by atoms with Crippen molar-refractivity contribution in [1.82, 2.24) is 20.3 Å². The molecule has 1 heterocycles. The second kappa shape index (κ2) is 6.11. The highest BCUT2D eigenvalue weighted by molar-refractivity contribution is 4.77. The van der Waals surface area contributed by atoms with Gasteiger partial charge in [0.1, 0.15) is 0 Å². The fourth-order valence-electron chi connectivity index (χ4n) is 1.15. The number of hydrogen-bond donors (Lipinski definition) is 1. The minimum absolute atomic E-state index is 0.274. The zero-order valence-corrected chi connectivity index (χ0v) is 8.35. The smallest absolute Gasteiger partial charge is 0.0692 e. The second-order valence-electron chi connectivity index (χ2n) is 3.24. The highest BCUT2D eigenvalue weighted by Crippen LogP contribution is 1.90. The van der Waals surface area contributed by atoms with Gasteiger partial charge in [0.25, 0.3) is 0 Å². The van der Waals surface area contributed by atoms with E-state index >= 15 is 0 Å². The van der Waals surface area contributed by atoms with E-state index in [1.54, 1.807) is 10.9 Å². The third kappa shape index (κ3) is 4.01. The molecule has 0 bridgehead atoms. The van der Waals surface area contributed by atoms with Gasteiger partial charge in [-0.25, -0.2) is 0 Å². The first-order valence-electron chi connectivity index (χ1n) is 4.77. The van der Waals surface area contributed by atoms with E-state index in [0.717, 1.165) is 19.5 Å². The Bertz CT molecular complexity index is 274. The van der Waals surface area contributed by atoms with Crippen molar-refractivity contribution in [3.05, 3.63) is 12.4 Å². The molecule has 0 spiro atoms. The molecular weight excluding hydrogens is 178 g/mol. The molecule has 5 nitrogen and oxygen atoms in total. The van der Waals surface area contributed by atoms with Crippen LogP contribution in [0.15, 0.2) is 12.4 Å². The lowest BCUT2D eigenvalue weighted by Gasteiger charge is -2.09. The Morgan fingerprint density at radius 1 is 1.64 bits per heavy atom. The summed E-state index contributed by atoms with van der Waals surface area (Å²) in [6, 6.07) is 2.41. The number of nitrogens with one attached hydrogen (secondary N) is 1. The van der Waals surface area contributed by atoms with Gasteiger partial charge in [-0.3, -0.25) is 4.68 Å². The van der Waals surface area contributed by atoms with Crippen molar-refractivity contribution in [3.63, 3.8) is 0 Å². The lowest BCUT2D eigenvalue weighted by molar-refractivity contribution is 0.494. The van der Waals surface area contributed by atoms with E-state index < -0.39 is 0 Å². The largest absolute Gasteiger partial charge is 0.313 e. The monoisotopic (exact) mass is 193 g/mol. The topological polar surface area (TPSA) is 66.5 Å². The first kappa shape index (κ1) is 10.7. The predicted octanol–water partition coefficient (Wildman–Crippen LogP) is 0.560. The van der Waals surface area contributed by atoms with E-state index in [2.05, 4.69) is 21.7 Å². The van der Waals surface area contributed by atoms with Crippen LogP contribution >= 0.6 is 0 Å². The van der Waals surface area contributed by atoms with Crippen molar-refractivity contribution >= 4 is 0 Å². The summed E-state index contributed by atoms with van der Waals surface area (Å²) in [6.07, 6.45) is 5.08. The van der Waals surface area contributed by atoms with Gasteiger partial charge in [-0.15, -0.1) is 5.10 Å². The van der Waals surface area contributed by atoms with E-state index in [4.69, 9.17) is 5.26 Å². The van der Waals surface area contributed by atoms with Gasteiger partial charge in [-0.05, 0) is 19.9 Å². The fraction of sp³-hybridized carbons (Fsp3) is 0.667. The molecule has 1 N–H and O–H groups in total. The molecule has 0 aliphatic rings. The molecule has 1 aromatic rings. The van der Waals surface area contributed by atoms with Gasteiger partial charge in [0.15, 0.2) is 0 Å². The zero-order valence-electron chi connectivity index (χ0n) is 8.35. The molecule has 1 aromatic heterocycles. The van der Waals surface area contributed by atoms with E-state index in [9.17, 15) is 0 Å². The molecule has 1 atom stereocenters. The Morgan fingerprint density at radius 3 is 3.14 bits per heavy atom. The Labute approximate surface area is 83.7 Å². The minimum atomic E-state index is 0.274. The van der Waals surface area contributed by atoms with Crippen molar-refractivity contribution in [2.75, 3.05) is 6.54 Å². The molecule has 0 radical (unpaired) electrons. The number of nitriles is 1. The molecule has 0 saturated heterocycles. The van der Waals surface area contributed by atoms with E-state index in [1.165, 1.54) is 0 Å². The molecule has 0 aromatic carbocycles. The zero-order chi connectivity index (χ0) is 10.2. The van der Waals surface area contributed by atoms with E-state index in [1.807, 2.05) is 13.1 Å². The quantitative estimate of drug-likeness (QED) is 0.670. The molecule has 0 amide bonds. The molecule has 1 rings (SSSR count). The summed E-state index contributed by atoms with van der Waals surface area (Å²) in [5.41, 5.74) is 0. The maximum Gasteiger partial charge on any atom is 0.0692 e. The second-order valence-corrected chi connectivity index (χ2v) is 3.24. The van der Waals surface area contributed by atoms with Crippen molar-refractivity contribution in [1.29, 1.82) is 5.26 Å². The van der Waals surface area contributed by atoms with Crippen LogP contribution in [0.1, 0.15) is 19.8 Å². The molecule has 0 aliphatic heterocycles. The molecular formula is C9H15N5. The Morgan fingerprint density at radius 2 is 2.50 bits per heavy atom. The highest BCUT2D eigenvalue weighted by atomic mass is 15.4. The Balaban J connectivity index is 2.03. The molecule has 1 unspecified atom stereocenters. The number of aromatic nitrogens is 3. The summed E-state index contributed by atoms with van der Waals surface area (Å²) in [5, 5.41) is 19.3. The van der Waals surface area contributed by atoms with Crippen LogP contribution < -0.4 is 5.32 Å². The summed E-state index contributed by atoms with van der Waals surface area (Å²) in [7, 11) is 0. The van der Waals surface area contributed by atoms with Gasteiger partial charge >= 0.3 is 0 Å². The molecule has 5 heteroatoms. The first-order chi connectivity index (χ1) is 6.83.